The first-order valence-corrected chi connectivity index (χ1v) is 11.4. The van der Waals surface area contributed by atoms with E-state index in [9.17, 15) is 30.7 Å². The van der Waals surface area contributed by atoms with Crippen molar-refractivity contribution in [2.24, 2.45) is 0 Å². The van der Waals surface area contributed by atoms with Gasteiger partial charge < -0.3 is 14.2 Å². The molecule has 0 aromatic heterocycles. The summed E-state index contributed by atoms with van der Waals surface area (Å²) >= 11 is 0. The van der Waals surface area contributed by atoms with Gasteiger partial charge in [-0.1, -0.05) is 37.3 Å². The van der Waals surface area contributed by atoms with Crippen LogP contribution < -0.4 is 4.74 Å². The molecule has 1 fully saturated rings. The van der Waals surface area contributed by atoms with Crippen molar-refractivity contribution in [2.45, 2.75) is 69.5 Å². The van der Waals surface area contributed by atoms with Gasteiger partial charge in [-0.2, -0.15) is 22.0 Å². The van der Waals surface area contributed by atoms with Crippen LogP contribution in [0, 0.1) is 5.82 Å². The van der Waals surface area contributed by atoms with Gasteiger partial charge in [-0.05, 0) is 66.8 Å². The molecule has 35 heavy (non-hydrogen) atoms. The van der Waals surface area contributed by atoms with Crippen molar-refractivity contribution in [2.75, 3.05) is 13.4 Å². The van der Waals surface area contributed by atoms with E-state index in [-0.39, 0.29) is 6.10 Å². The van der Waals surface area contributed by atoms with Crippen LogP contribution in [0.15, 0.2) is 42.5 Å². The van der Waals surface area contributed by atoms with Crippen molar-refractivity contribution in [1.29, 1.82) is 0 Å². The predicted molar refractivity (Wildman–Crippen MR) is 116 cm³/mol. The van der Waals surface area contributed by atoms with Gasteiger partial charge >= 0.3 is 12.3 Å². The Morgan fingerprint density at radius 3 is 2.11 bits per heavy atom. The Morgan fingerprint density at radius 2 is 1.54 bits per heavy atom. The maximum atomic E-state index is 14.3. The van der Waals surface area contributed by atoms with Gasteiger partial charge in [0.25, 0.3) is 6.17 Å². The van der Waals surface area contributed by atoms with Gasteiger partial charge in [0.2, 0.25) is 0 Å². The maximum absolute atomic E-state index is 14.3. The van der Waals surface area contributed by atoms with Crippen LogP contribution in [-0.2, 0) is 9.47 Å². The summed E-state index contributed by atoms with van der Waals surface area (Å²) in [5, 5.41) is 0. The van der Waals surface area contributed by atoms with Crippen LogP contribution in [0.5, 0.6) is 5.75 Å². The molecular formula is C25H27F7O3. The third kappa shape index (κ3) is 7.33. The van der Waals surface area contributed by atoms with Crippen LogP contribution in [0.4, 0.5) is 30.7 Å². The Labute approximate surface area is 199 Å². The fraction of sp³-hybridized carbons (Fsp3) is 0.520. The fourth-order valence-electron chi connectivity index (χ4n) is 4.01. The Balaban J connectivity index is 1.59. The third-order valence-corrected chi connectivity index (χ3v) is 5.89. The third-order valence-electron chi connectivity index (χ3n) is 5.89. The zero-order valence-corrected chi connectivity index (χ0v) is 19.1. The quantitative estimate of drug-likeness (QED) is 0.186. The van der Waals surface area contributed by atoms with Crippen molar-refractivity contribution < 1.29 is 44.9 Å². The summed E-state index contributed by atoms with van der Waals surface area (Å²) < 4.78 is 106. The molecule has 0 heterocycles. The number of rotatable bonds is 10. The smallest absolute Gasteiger partial charge is 0.427 e. The summed E-state index contributed by atoms with van der Waals surface area (Å²) in [6, 6.07) is 10.1. The molecule has 2 aromatic rings. The average molecular weight is 508 g/mol. The van der Waals surface area contributed by atoms with E-state index in [4.69, 9.17) is 9.47 Å². The van der Waals surface area contributed by atoms with Crippen LogP contribution in [-0.4, -0.2) is 38.0 Å². The molecule has 0 N–H and O–H groups in total. The number of halogens is 7. The second kappa shape index (κ2) is 11.6. The lowest BCUT2D eigenvalue weighted by atomic mass is 9.82. The zero-order chi connectivity index (χ0) is 25.6. The van der Waals surface area contributed by atoms with Crippen molar-refractivity contribution in [3.05, 3.63) is 53.8 Å². The topological polar surface area (TPSA) is 27.7 Å². The monoisotopic (exact) mass is 508 g/mol. The predicted octanol–water partition coefficient (Wildman–Crippen LogP) is 7.79. The Morgan fingerprint density at radius 1 is 0.914 bits per heavy atom. The standard InChI is InChI=1S/C25H27F7O3/c1-2-13-33-15-34-20-10-7-17(8-11-20)16-3-5-18(6-4-16)19-9-12-22(21(26)14-19)35-25(31,32)23(27)24(28,29)30/h3-6,9,12,14,17,20,23H,2,7-8,10-11,13,15H2,1H3. The molecule has 1 aliphatic rings. The van der Waals surface area contributed by atoms with Gasteiger partial charge in [0.05, 0.1) is 6.10 Å². The fourth-order valence-corrected chi connectivity index (χ4v) is 4.01. The minimum absolute atomic E-state index is 0.169. The van der Waals surface area contributed by atoms with E-state index in [2.05, 4.69) is 4.74 Å². The van der Waals surface area contributed by atoms with Crippen LogP contribution >= 0.6 is 0 Å². The lowest BCUT2D eigenvalue weighted by Gasteiger charge is -2.28. The number of hydrogen-bond donors (Lipinski definition) is 0. The molecule has 194 valence electrons. The lowest BCUT2D eigenvalue weighted by Crippen LogP contribution is -2.45. The molecule has 10 heteroatoms. The number of alkyl halides is 6. The van der Waals surface area contributed by atoms with Gasteiger partial charge in [-0.3, -0.25) is 0 Å². The van der Waals surface area contributed by atoms with Gasteiger partial charge in [0.15, 0.2) is 11.6 Å². The molecule has 2 aromatic carbocycles. The summed E-state index contributed by atoms with van der Waals surface area (Å²) in [4.78, 5) is 0. The van der Waals surface area contributed by atoms with E-state index in [1.807, 2.05) is 19.1 Å². The maximum Gasteiger partial charge on any atom is 0.439 e. The summed E-state index contributed by atoms with van der Waals surface area (Å²) in [6.45, 7) is 3.00. The zero-order valence-electron chi connectivity index (χ0n) is 19.1. The Kier molecular flexibility index (Phi) is 9.04. The Bertz CT molecular complexity index is 939. The molecule has 0 saturated heterocycles. The number of benzene rings is 2. The van der Waals surface area contributed by atoms with Crippen molar-refractivity contribution in [1.82, 2.24) is 0 Å². The molecule has 3 rings (SSSR count). The normalized spacial score (nSPS) is 20.0. The molecular weight excluding hydrogens is 481 g/mol. The van der Waals surface area contributed by atoms with Gasteiger partial charge in [0, 0.05) is 6.61 Å². The molecule has 1 aliphatic carbocycles. The van der Waals surface area contributed by atoms with E-state index in [0.717, 1.165) is 49.8 Å². The lowest BCUT2D eigenvalue weighted by molar-refractivity contribution is -0.305. The highest BCUT2D eigenvalue weighted by molar-refractivity contribution is 5.64. The van der Waals surface area contributed by atoms with E-state index in [1.165, 1.54) is 6.07 Å². The second-order valence-electron chi connectivity index (χ2n) is 8.50. The van der Waals surface area contributed by atoms with Crippen molar-refractivity contribution in [3.63, 3.8) is 0 Å². The highest BCUT2D eigenvalue weighted by Gasteiger charge is 2.59. The van der Waals surface area contributed by atoms with Crippen LogP contribution in [0.2, 0.25) is 0 Å². The molecule has 3 nitrogen and oxygen atoms in total. The summed E-state index contributed by atoms with van der Waals surface area (Å²) in [6.07, 6.45) is -10.9. The highest BCUT2D eigenvalue weighted by atomic mass is 19.4. The van der Waals surface area contributed by atoms with Crippen LogP contribution in [0.1, 0.15) is 50.5 Å². The van der Waals surface area contributed by atoms with Gasteiger partial charge in [-0.15, -0.1) is 0 Å². The molecule has 0 spiro atoms. The van der Waals surface area contributed by atoms with Crippen molar-refractivity contribution in [3.8, 4) is 16.9 Å². The second-order valence-corrected chi connectivity index (χ2v) is 8.50. The number of ether oxygens (including phenoxy) is 3. The van der Waals surface area contributed by atoms with Gasteiger partial charge in [0.1, 0.15) is 6.79 Å². The molecule has 1 unspecified atom stereocenters. The first kappa shape index (κ1) is 27.3. The van der Waals surface area contributed by atoms with Gasteiger partial charge in [-0.25, -0.2) is 8.78 Å². The summed E-state index contributed by atoms with van der Waals surface area (Å²) in [7, 11) is 0. The van der Waals surface area contributed by atoms with Crippen LogP contribution in [0.3, 0.4) is 0 Å². The molecule has 1 atom stereocenters. The largest absolute Gasteiger partial charge is 0.439 e. The average Bonchev–Trinajstić information content (AvgIpc) is 2.82. The minimum atomic E-state index is -5.85. The first-order chi connectivity index (χ1) is 16.5. The summed E-state index contributed by atoms with van der Waals surface area (Å²) in [5.74, 6) is -2.17. The first-order valence-electron chi connectivity index (χ1n) is 11.4. The molecule has 0 radical (unpaired) electrons. The number of hydrogen-bond acceptors (Lipinski definition) is 3. The highest BCUT2D eigenvalue weighted by Crippen LogP contribution is 2.38. The van der Waals surface area contributed by atoms with E-state index >= 15 is 0 Å². The van der Waals surface area contributed by atoms with Crippen molar-refractivity contribution >= 4 is 0 Å². The van der Waals surface area contributed by atoms with E-state index < -0.39 is 30.0 Å². The molecule has 0 bridgehead atoms. The van der Waals surface area contributed by atoms with Crippen LogP contribution in [0.25, 0.3) is 11.1 Å². The Hall–Kier alpha value is -2.33. The summed E-state index contributed by atoms with van der Waals surface area (Å²) in [5.41, 5.74) is 1.99. The molecule has 0 amide bonds. The SMILES string of the molecule is CCCOCOC1CCC(c2ccc(-c3ccc(OC(F)(F)C(F)C(F)(F)F)c(F)c3)cc2)CC1. The van der Waals surface area contributed by atoms with E-state index in [1.54, 1.807) is 12.1 Å². The molecule has 1 saturated carbocycles. The molecule has 0 aliphatic heterocycles. The minimum Gasteiger partial charge on any atom is -0.427 e. The van der Waals surface area contributed by atoms with E-state index in [0.29, 0.717) is 30.4 Å².